The number of hydrogen-bond donors (Lipinski definition) is 1. The van der Waals surface area contributed by atoms with Crippen LogP contribution < -0.4 is 9.46 Å². The summed E-state index contributed by atoms with van der Waals surface area (Å²) in [4.78, 5) is 0. The Kier molecular flexibility index (Phi) is 5.53. The molecule has 1 aromatic carbocycles. The van der Waals surface area contributed by atoms with Crippen LogP contribution in [0.25, 0.3) is 0 Å². The fourth-order valence-electron chi connectivity index (χ4n) is 2.25. The molecule has 1 aliphatic rings. The number of nitrogens with one attached hydrogen (secondary N) is 1. The number of halogens is 3. The normalized spacial score (nSPS) is 20.1. The molecule has 1 N–H and O–H groups in total. The van der Waals surface area contributed by atoms with Gasteiger partial charge in [-0.25, -0.2) is 17.5 Å². The second-order valence-corrected chi connectivity index (χ2v) is 7.89. The fourth-order valence-corrected chi connectivity index (χ4v) is 3.21. The van der Waals surface area contributed by atoms with Gasteiger partial charge < -0.3 is 4.74 Å². The van der Waals surface area contributed by atoms with E-state index in [0.29, 0.717) is 17.7 Å². The maximum absolute atomic E-state index is 13.6. The monoisotopic (exact) mass is 357 g/mol. The minimum Gasteiger partial charge on any atom is -0.487 e. The highest BCUT2D eigenvalue weighted by Crippen LogP contribution is 2.41. The number of hydrogen-bond acceptors (Lipinski definition) is 3. The molecule has 1 atom stereocenters. The van der Waals surface area contributed by atoms with Crippen molar-refractivity contribution < 1.29 is 17.5 Å². The summed E-state index contributed by atoms with van der Waals surface area (Å²) >= 11 is 5.75. The third kappa shape index (κ3) is 4.22. The van der Waals surface area contributed by atoms with Crippen LogP contribution in [0, 0.1) is 5.82 Å². The maximum atomic E-state index is 13.6. The van der Waals surface area contributed by atoms with E-state index in [-0.39, 0.29) is 23.2 Å². The average molecular weight is 358 g/mol. The van der Waals surface area contributed by atoms with Gasteiger partial charge in [-0.3, -0.25) is 0 Å². The Morgan fingerprint density at radius 2 is 2.10 bits per heavy atom. The zero-order valence-corrected chi connectivity index (χ0v) is 14.3. The molecule has 0 saturated heterocycles. The molecule has 21 heavy (non-hydrogen) atoms. The van der Waals surface area contributed by atoms with Crippen LogP contribution in [0.2, 0.25) is 5.02 Å². The van der Waals surface area contributed by atoms with E-state index in [0.717, 1.165) is 0 Å². The number of fused-ring (bicyclic) bond motifs is 1. The summed E-state index contributed by atoms with van der Waals surface area (Å²) in [6.45, 7) is 5.25. The summed E-state index contributed by atoms with van der Waals surface area (Å²) in [5, 5.41) is -0.0430. The van der Waals surface area contributed by atoms with Gasteiger partial charge in [0.15, 0.2) is 0 Å². The number of sulfonamides is 1. The van der Waals surface area contributed by atoms with Crippen molar-refractivity contribution >= 4 is 34.0 Å². The Hall–Kier alpha value is -0.560. The fraction of sp³-hybridized carbons (Fsp3) is 0.538. The van der Waals surface area contributed by atoms with Crippen LogP contribution in [-0.2, 0) is 10.0 Å². The Morgan fingerprint density at radius 3 is 2.67 bits per heavy atom. The number of rotatable bonds is 3. The van der Waals surface area contributed by atoms with E-state index < -0.39 is 27.5 Å². The lowest BCUT2D eigenvalue weighted by Gasteiger charge is -2.37. The molecular formula is C13H18Cl2FNO3S. The van der Waals surface area contributed by atoms with Crippen molar-refractivity contribution in [2.24, 2.45) is 0 Å². The summed E-state index contributed by atoms with van der Waals surface area (Å²) in [7, 11) is -3.40. The second-order valence-electron chi connectivity index (χ2n) is 5.44. The SMILES string of the molecule is CCS(=O)(=O)NC1CC(C)(C)Oc2cc(Cl)c(F)cc21.Cl. The zero-order valence-electron chi connectivity index (χ0n) is 11.9. The van der Waals surface area contributed by atoms with Crippen molar-refractivity contribution in [3.63, 3.8) is 0 Å². The van der Waals surface area contributed by atoms with E-state index in [1.54, 1.807) is 6.92 Å². The summed E-state index contributed by atoms with van der Waals surface area (Å²) < 4.78 is 45.5. The van der Waals surface area contributed by atoms with E-state index in [4.69, 9.17) is 16.3 Å². The van der Waals surface area contributed by atoms with Crippen LogP contribution in [0.3, 0.4) is 0 Å². The highest BCUT2D eigenvalue weighted by Gasteiger charge is 2.36. The van der Waals surface area contributed by atoms with Gasteiger partial charge in [-0.2, -0.15) is 0 Å². The van der Waals surface area contributed by atoms with Gasteiger partial charge in [0.25, 0.3) is 0 Å². The van der Waals surface area contributed by atoms with E-state index in [1.165, 1.54) is 12.1 Å². The minimum absolute atomic E-state index is 0. The number of ether oxygens (including phenoxy) is 1. The van der Waals surface area contributed by atoms with Crippen LogP contribution in [0.15, 0.2) is 12.1 Å². The third-order valence-electron chi connectivity index (χ3n) is 3.21. The van der Waals surface area contributed by atoms with Crippen molar-refractivity contribution in [3.8, 4) is 5.75 Å². The molecule has 0 amide bonds. The van der Waals surface area contributed by atoms with Gasteiger partial charge in [-0.05, 0) is 26.8 Å². The topological polar surface area (TPSA) is 55.4 Å². The molecule has 0 aromatic heterocycles. The first kappa shape index (κ1) is 18.5. The molecule has 0 bridgehead atoms. The van der Waals surface area contributed by atoms with E-state index in [9.17, 15) is 12.8 Å². The first-order chi connectivity index (χ1) is 9.13. The molecule has 1 unspecified atom stereocenters. The van der Waals surface area contributed by atoms with Gasteiger partial charge >= 0.3 is 0 Å². The molecule has 2 rings (SSSR count). The lowest BCUT2D eigenvalue weighted by molar-refractivity contribution is 0.0699. The highest BCUT2D eigenvalue weighted by molar-refractivity contribution is 7.89. The van der Waals surface area contributed by atoms with Crippen molar-refractivity contribution in [3.05, 3.63) is 28.5 Å². The van der Waals surface area contributed by atoms with Gasteiger partial charge in [-0.15, -0.1) is 12.4 Å². The molecule has 0 radical (unpaired) electrons. The van der Waals surface area contributed by atoms with E-state index in [2.05, 4.69) is 4.72 Å². The van der Waals surface area contributed by atoms with Crippen molar-refractivity contribution in [2.45, 2.75) is 38.8 Å². The Balaban J connectivity index is 0.00000220. The van der Waals surface area contributed by atoms with Crippen LogP contribution in [0.1, 0.15) is 38.8 Å². The van der Waals surface area contributed by atoms with Crippen LogP contribution in [0.4, 0.5) is 4.39 Å². The molecule has 4 nitrogen and oxygen atoms in total. The predicted molar refractivity (Wildman–Crippen MR) is 83.3 cm³/mol. The van der Waals surface area contributed by atoms with Crippen LogP contribution in [-0.4, -0.2) is 19.8 Å². The van der Waals surface area contributed by atoms with E-state index in [1.807, 2.05) is 13.8 Å². The zero-order chi connectivity index (χ0) is 15.1. The summed E-state index contributed by atoms with van der Waals surface area (Å²) in [6.07, 6.45) is 0.417. The summed E-state index contributed by atoms with van der Waals surface area (Å²) in [5.74, 6) is -0.207. The van der Waals surface area contributed by atoms with Crippen LogP contribution >= 0.6 is 24.0 Å². The molecule has 1 aromatic rings. The maximum Gasteiger partial charge on any atom is 0.211 e. The van der Waals surface area contributed by atoms with Gasteiger partial charge in [0.05, 0.1) is 16.8 Å². The predicted octanol–water partition coefficient (Wildman–Crippen LogP) is 3.44. The molecule has 1 aliphatic heterocycles. The van der Waals surface area contributed by atoms with Crippen molar-refractivity contribution in [1.29, 1.82) is 0 Å². The Morgan fingerprint density at radius 1 is 1.48 bits per heavy atom. The molecular weight excluding hydrogens is 340 g/mol. The molecule has 8 heteroatoms. The first-order valence-corrected chi connectivity index (χ1v) is 8.34. The van der Waals surface area contributed by atoms with Crippen molar-refractivity contribution in [2.75, 3.05) is 5.75 Å². The summed E-state index contributed by atoms with van der Waals surface area (Å²) in [6, 6.07) is 2.10. The molecule has 120 valence electrons. The molecule has 0 fully saturated rings. The standard InChI is InChI=1S/C13H17ClFNO3S.ClH/c1-4-20(17,18)16-11-7-13(2,3)19-12-6-9(14)10(15)5-8(11)12;/h5-6,11,16H,4,7H2,1-3H3;1H. The Labute approximate surface area is 135 Å². The molecule has 0 aliphatic carbocycles. The van der Waals surface area contributed by atoms with Gasteiger partial charge in [-0.1, -0.05) is 11.6 Å². The quantitative estimate of drug-likeness (QED) is 0.901. The van der Waals surface area contributed by atoms with Crippen LogP contribution in [0.5, 0.6) is 5.75 Å². The number of benzene rings is 1. The van der Waals surface area contributed by atoms with Crippen molar-refractivity contribution in [1.82, 2.24) is 4.72 Å². The van der Waals surface area contributed by atoms with Gasteiger partial charge in [0.1, 0.15) is 17.2 Å². The lowest BCUT2D eigenvalue weighted by atomic mass is 9.90. The van der Waals surface area contributed by atoms with Gasteiger partial charge in [0, 0.05) is 18.1 Å². The van der Waals surface area contributed by atoms with Gasteiger partial charge in [0.2, 0.25) is 10.0 Å². The smallest absolute Gasteiger partial charge is 0.211 e. The summed E-state index contributed by atoms with van der Waals surface area (Å²) in [5.41, 5.74) is -0.0852. The molecule has 0 saturated carbocycles. The first-order valence-electron chi connectivity index (χ1n) is 6.31. The Bertz CT molecular complexity index is 635. The average Bonchev–Trinajstić information content (AvgIpc) is 2.30. The van der Waals surface area contributed by atoms with E-state index >= 15 is 0 Å². The molecule has 0 spiro atoms. The second kappa shape index (κ2) is 6.28. The minimum atomic E-state index is -3.40. The lowest BCUT2D eigenvalue weighted by Crippen LogP contribution is -2.41. The highest BCUT2D eigenvalue weighted by atomic mass is 35.5. The largest absolute Gasteiger partial charge is 0.487 e. The molecule has 1 heterocycles. The third-order valence-corrected chi connectivity index (χ3v) is 4.91.